The van der Waals surface area contributed by atoms with Gasteiger partial charge in [-0.05, 0) is 0 Å². The summed E-state index contributed by atoms with van der Waals surface area (Å²) in [5.74, 6) is 0.785. The van der Waals surface area contributed by atoms with Crippen LogP contribution < -0.4 is 15.9 Å². The first-order valence-corrected chi connectivity index (χ1v) is 14.9. The Kier molecular flexibility index (Phi) is 6.60. The molecule has 0 aliphatic heterocycles. The third-order valence-corrected chi connectivity index (χ3v) is 13.7. The van der Waals surface area contributed by atoms with E-state index in [0.717, 1.165) is 21.6 Å². The summed E-state index contributed by atoms with van der Waals surface area (Å²) in [6, 6.07) is 41.4. The molecule has 32 heavy (non-hydrogen) atoms. The minimum absolute atomic E-state index is 0.0883. The summed E-state index contributed by atoms with van der Waals surface area (Å²) in [4.78, 5) is 4.96. The molecule has 0 N–H and O–H groups in total. The van der Waals surface area contributed by atoms with Crippen LogP contribution in [0.15, 0.2) is 126 Å². The van der Waals surface area contributed by atoms with Crippen molar-refractivity contribution in [3.63, 3.8) is 0 Å². The molecular weight excluding hydrogens is 477 g/mol. The second-order valence-electron chi connectivity index (χ2n) is 7.97. The fraction of sp³-hybridized carbons (Fsp3) is 0.107. The maximum atomic E-state index is 7.25. The summed E-state index contributed by atoms with van der Waals surface area (Å²) in [5.41, 5.74) is -2.66. The topological polar surface area (TPSA) is 21.6 Å². The summed E-state index contributed by atoms with van der Waals surface area (Å²) < 4.78 is 7.25. The molecule has 0 saturated carbocycles. The van der Waals surface area contributed by atoms with Gasteiger partial charge in [0.2, 0.25) is 0 Å². The van der Waals surface area contributed by atoms with Crippen LogP contribution in [0.3, 0.4) is 0 Å². The van der Waals surface area contributed by atoms with Crippen molar-refractivity contribution < 1.29 is 4.52 Å². The quantitative estimate of drug-likeness (QED) is 0.155. The number of benzene rings is 4. The van der Waals surface area contributed by atoms with Crippen LogP contribution in [0.4, 0.5) is 5.69 Å². The van der Waals surface area contributed by atoms with Crippen molar-refractivity contribution in [1.82, 2.24) is 0 Å². The van der Waals surface area contributed by atoms with Crippen LogP contribution >= 0.6 is 21.0 Å². The summed E-state index contributed by atoms with van der Waals surface area (Å²) in [5, 5.41) is 3.28. The first kappa shape index (κ1) is 22.5. The molecule has 0 aliphatic carbocycles. The second kappa shape index (κ2) is 9.40. The number of para-hydroxylation sites is 1. The summed E-state index contributed by atoms with van der Waals surface area (Å²) >= 11 is 4.33. The van der Waals surface area contributed by atoms with Crippen LogP contribution in [0.5, 0.6) is 0 Å². The Morgan fingerprint density at radius 3 is 1.31 bits per heavy atom. The molecule has 0 aromatic heterocycles. The summed E-state index contributed by atoms with van der Waals surface area (Å²) in [6.45, 7) is 4.24. The van der Waals surface area contributed by atoms with Gasteiger partial charge in [0, 0.05) is 0 Å². The fourth-order valence-electron chi connectivity index (χ4n) is 3.75. The number of hydrogen-bond donors (Lipinski definition) is 0. The van der Waals surface area contributed by atoms with E-state index in [1.54, 1.807) is 0 Å². The van der Waals surface area contributed by atoms with Crippen molar-refractivity contribution in [2.24, 2.45) is 10.9 Å². The van der Waals surface area contributed by atoms with Crippen molar-refractivity contribution in [2.45, 2.75) is 13.8 Å². The molecule has 4 heteroatoms. The number of hydrogen-bond acceptors (Lipinski definition) is 2. The van der Waals surface area contributed by atoms with Gasteiger partial charge < -0.3 is 0 Å². The van der Waals surface area contributed by atoms with Crippen LogP contribution in [-0.4, -0.2) is 5.90 Å². The zero-order chi connectivity index (χ0) is 22.5. The van der Waals surface area contributed by atoms with Gasteiger partial charge in [-0.3, -0.25) is 0 Å². The van der Waals surface area contributed by atoms with Crippen molar-refractivity contribution in [3.05, 3.63) is 121 Å². The predicted molar refractivity (Wildman–Crippen MR) is 144 cm³/mol. The van der Waals surface area contributed by atoms with Crippen molar-refractivity contribution in [3.8, 4) is 0 Å². The predicted octanol–water partition coefficient (Wildman–Crippen LogP) is 7.14. The van der Waals surface area contributed by atoms with Gasteiger partial charge in [-0.1, -0.05) is 0 Å². The normalized spacial score (nSPS) is 13.4. The van der Waals surface area contributed by atoms with Crippen molar-refractivity contribution in [2.75, 3.05) is 0 Å². The second-order valence-corrected chi connectivity index (χ2v) is 15.6. The van der Waals surface area contributed by atoms with E-state index in [1.165, 1.54) is 0 Å². The van der Waals surface area contributed by atoms with E-state index < -0.39 is 5.53 Å². The average Bonchev–Trinajstić information content (AvgIpc) is 2.86. The molecule has 0 bridgehead atoms. The van der Waals surface area contributed by atoms with Gasteiger partial charge >= 0.3 is 199 Å². The molecule has 0 unspecified atom stereocenters. The molecule has 4 aromatic rings. The zero-order valence-electron chi connectivity index (χ0n) is 18.3. The number of aliphatic imine (C=N–C) groups is 1. The number of rotatable bonds is 6. The molecule has 0 fully saturated rings. The summed E-state index contributed by atoms with van der Waals surface area (Å²) in [6.07, 6.45) is 0. The number of nitrogens with zero attached hydrogens (tertiary/aromatic N) is 1. The third-order valence-electron chi connectivity index (χ3n) is 5.41. The van der Waals surface area contributed by atoms with E-state index in [0.29, 0.717) is 5.90 Å². The van der Waals surface area contributed by atoms with Gasteiger partial charge in [-0.15, -0.1) is 0 Å². The molecule has 4 rings (SSSR count). The standard InChI is InChI=1S/C28H27BrNOP/c1-23(2)28(30-24-15-7-3-8-16-24)31-32(29,25-17-9-4-10-18-25,26-19-11-5-12-20-26)27-21-13-6-14-22-27/h3-23H,1-2H3. The van der Waals surface area contributed by atoms with E-state index in [9.17, 15) is 0 Å². The molecule has 0 spiro atoms. The SMILES string of the molecule is CC(C)C(=Nc1ccccc1)OP(Br)(c1ccccc1)(c1ccccc1)c1ccccc1. The molecule has 0 aliphatic rings. The Bertz CT molecular complexity index is 1080. The van der Waals surface area contributed by atoms with Crippen LogP contribution in [-0.2, 0) is 4.52 Å². The molecule has 4 aromatic carbocycles. The maximum absolute atomic E-state index is 7.25. The first-order valence-electron chi connectivity index (χ1n) is 10.8. The Balaban J connectivity index is 2.05. The van der Waals surface area contributed by atoms with Crippen LogP contribution in [0.2, 0.25) is 0 Å². The van der Waals surface area contributed by atoms with Gasteiger partial charge in [-0.2, -0.15) is 0 Å². The Morgan fingerprint density at radius 2 is 0.969 bits per heavy atom. The van der Waals surface area contributed by atoms with Gasteiger partial charge in [-0.25, -0.2) is 0 Å². The molecule has 0 radical (unpaired) electrons. The van der Waals surface area contributed by atoms with Crippen LogP contribution in [0, 0.1) is 5.92 Å². The molecule has 2 nitrogen and oxygen atoms in total. The average molecular weight is 504 g/mol. The third kappa shape index (κ3) is 4.16. The van der Waals surface area contributed by atoms with Gasteiger partial charge in [0.25, 0.3) is 0 Å². The summed E-state index contributed by atoms with van der Waals surface area (Å²) in [7, 11) is 0. The van der Waals surface area contributed by atoms with Crippen LogP contribution in [0.1, 0.15) is 13.8 Å². The molecule has 0 saturated heterocycles. The van der Waals surface area contributed by atoms with E-state index in [4.69, 9.17) is 9.52 Å². The molecule has 0 amide bonds. The zero-order valence-corrected chi connectivity index (χ0v) is 20.8. The Morgan fingerprint density at radius 1 is 0.625 bits per heavy atom. The minimum atomic E-state index is -3.54. The van der Waals surface area contributed by atoms with E-state index in [2.05, 4.69) is 102 Å². The fourth-order valence-corrected chi connectivity index (χ4v) is 10.2. The molecular formula is C28H27BrNOP. The first-order chi connectivity index (χ1) is 15.5. The van der Waals surface area contributed by atoms with Crippen LogP contribution in [0.25, 0.3) is 0 Å². The van der Waals surface area contributed by atoms with Gasteiger partial charge in [0.15, 0.2) is 0 Å². The van der Waals surface area contributed by atoms with Gasteiger partial charge in [0.05, 0.1) is 0 Å². The molecule has 0 heterocycles. The van der Waals surface area contributed by atoms with Gasteiger partial charge in [0.1, 0.15) is 0 Å². The van der Waals surface area contributed by atoms with E-state index >= 15 is 0 Å². The van der Waals surface area contributed by atoms with E-state index in [-0.39, 0.29) is 5.92 Å². The number of halogens is 1. The van der Waals surface area contributed by atoms with E-state index in [1.807, 2.05) is 48.5 Å². The molecule has 0 atom stereocenters. The van der Waals surface area contributed by atoms with Crippen molar-refractivity contribution in [1.29, 1.82) is 0 Å². The Labute approximate surface area is 198 Å². The monoisotopic (exact) mass is 503 g/mol. The van der Waals surface area contributed by atoms with Crippen molar-refractivity contribution >= 4 is 48.5 Å². The molecule has 162 valence electrons. The Hall–Kier alpha value is -2.74.